The van der Waals surface area contributed by atoms with Gasteiger partial charge >= 0.3 is 0 Å². The Labute approximate surface area is 212 Å². The highest BCUT2D eigenvalue weighted by Crippen LogP contribution is 2.53. The number of hydrogen-bond acceptors (Lipinski definition) is 10. The van der Waals surface area contributed by atoms with E-state index in [9.17, 15) is 34.8 Å². The second-order valence-electron chi connectivity index (χ2n) is 10.2. The zero-order valence-corrected chi connectivity index (χ0v) is 20.6. The molecule has 2 aromatic carbocycles. The minimum Gasteiger partial charge on any atom is -0.507 e. The smallest absolute Gasteiger partial charge is 0.202 e. The van der Waals surface area contributed by atoms with Gasteiger partial charge in [-0.3, -0.25) is 14.4 Å². The van der Waals surface area contributed by atoms with Crippen molar-refractivity contribution in [3.63, 3.8) is 0 Å². The summed E-state index contributed by atoms with van der Waals surface area (Å²) in [6.07, 6.45) is -2.81. The van der Waals surface area contributed by atoms with Crippen LogP contribution in [0, 0.1) is 0 Å². The first-order chi connectivity index (χ1) is 17.4. The normalized spacial score (nSPS) is 30.8. The molecule has 2 unspecified atom stereocenters. The van der Waals surface area contributed by atoms with Gasteiger partial charge in [0.2, 0.25) is 5.78 Å². The van der Waals surface area contributed by atoms with Gasteiger partial charge in [-0.2, -0.15) is 0 Å². The average molecular weight is 512 g/mol. The van der Waals surface area contributed by atoms with E-state index in [0.29, 0.717) is 0 Å². The summed E-state index contributed by atoms with van der Waals surface area (Å²) in [6, 6.07) is 3.80. The van der Waals surface area contributed by atoms with Gasteiger partial charge in [-0.05, 0) is 32.8 Å². The predicted octanol–water partition coefficient (Wildman–Crippen LogP) is 1.10. The largest absolute Gasteiger partial charge is 0.507 e. The summed E-state index contributed by atoms with van der Waals surface area (Å²) < 4.78 is 11.3. The zero-order chi connectivity index (χ0) is 27.0. The van der Waals surface area contributed by atoms with Gasteiger partial charge in [0.25, 0.3) is 0 Å². The number of Topliss-reactive ketones (excluding diaryl/α,β-unsaturated/α-hetero) is 1. The number of aromatic hydroxyl groups is 2. The third kappa shape index (κ3) is 3.58. The van der Waals surface area contributed by atoms with E-state index in [-0.39, 0.29) is 52.8 Å². The molecule has 1 fully saturated rings. The molecule has 196 valence electrons. The number of phenolic OH excluding ortho intramolecular Hbond substituents is 2. The molecule has 10 heteroatoms. The van der Waals surface area contributed by atoms with Crippen molar-refractivity contribution < 1.29 is 44.3 Å². The summed E-state index contributed by atoms with van der Waals surface area (Å²) in [7, 11) is 1.35. The van der Waals surface area contributed by atoms with Gasteiger partial charge in [0.05, 0.1) is 42.1 Å². The third-order valence-corrected chi connectivity index (χ3v) is 8.08. The van der Waals surface area contributed by atoms with Crippen molar-refractivity contribution in [1.29, 1.82) is 0 Å². The highest BCUT2D eigenvalue weighted by molar-refractivity contribution is 6.31. The summed E-state index contributed by atoms with van der Waals surface area (Å²) in [6.45, 7) is 2.85. The summed E-state index contributed by atoms with van der Waals surface area (Å²) in [5, 5.41) is 44.5. The molecule has 1 saturated heterocycles. The topological polar surface area (TPSA) is 177 Å². The zero-order valence-electron chi connectivity index (χ0n) is 20.6. The van der Waals surface area contributed by atoms with Crippen LogP contribution in [0.15, 0.2) is 18.2 Å². The van der Waals surface area contributed by atoms with Gasteiger partial charge in [0, 0.05) is 35.1 Å². The van der Waals surface area contributed by atoms with Gasteiger partial charge in [0.15, 0.2) is 11.6 Å². The van der Waals surface area contributed by atoms with E-state index in [1.165, 1.54) is 32.2 Å². The van der Waals surface area contributed by atoms with Gasteiger partial charge in [-0.25, -0.2) is 0 Å². The van der Waals surface area contributed by atoms with Gasteiger partial charge in [-0.1, -0.05) is 12.1 Å². The highest BCUT2D eigenvalue weighted by atomic mass is 16.5. The van der Waals surface area contributed by atoms with E-state index >= 15 is 0 Å². The first-order valence-corrected chi connectivity index (χ1v) is 12.1. The molecule has 10 nitrogen and oxygen atoms in total. The van der Waals surface area contributed by atoms with Crippen LogP contribution < -0.4 is 10.5 Å². The van der Waals surface area contributed by atoms with Crippen molar-refractivity contribution in [1.82, 2.24) is 0 Å². The number of nitrogens with two attached hydrogens (primary N) is 1. The van der Waals surface area contributed by atoms with Crippen LogP contribution in [0.3, 0.4) is 0 Å². The van der Waals surface area contributed by atoms with Gasteiger partial charge in [0.1, 0.15) is 22.8 Å². The molecule has 0 saturated carbocycles. The Morgan fingerprint density at radius 3 is 2.43 bits per heavy atom. The number of hydrogen-bond donors (Lipinski definition) is 5. The molecule has 0 radical (unpaired) electrons. The van der Waals surface area contributed by atoms with E-state index in [2.05, 4.69) is 0 Å². The lowest BCUT2D eigenvalue weighted by Gasteiger charge is -2.45. The molecule has 2 aromatic rings. The number of methoxy groups -OCH3 is 1. The first-order valence-electron chi connectivity index (χ1n) is 12.1. The van der Waals surface area contributed by atoms with E-state index in [0.717, 1.165) is 0 Å². The molecule has 6 atom stereocenters. The molecular weight excluding hydrogens is 482 g/mol. The number of carbonyl (C=O) groups excluding carboxylic acids is 3. The Balaban J connectivity index is 1.76. The fraction of sp³-hybridized carbons (Fsp3) is 0.444. The van der Waals surface area contributed by atoms with Crippen LogP contribution in [0.4, 0.5) is 0 Å². The summed E-state index contributed by atoms with van der Waals surface area (Å²) >= 11 is 0. The molecule has 0 aromatic heterocycles. The number of benzene rings is 2. The van der Waals surface area contributed by atoms with Gasteiger partial charge < -0.3 is 35.6 Å². The lowest BCUT2D eigenvalue weighted by molar-refractivity contribution is -0.146. The molecule has 6 N–H and O–H groups in total. The van der Waals surface area contributed by atoms with Crippen molar-refractivity contribution in [3.05, 3.63) is 51.6 Å². The number of carbonyl (C=O) groups is 3. The highest BCUT2D eigenvalue weighted by Gasteiger charge is 2.51. The summed E-state index contributed by atoms with van der Waals surface area (Å²) in [4.78, 5) is 39.7. The van der Waals surface area contributed by atoms with Crippen LogP contribution in [0.1, 0.15) is 75.6 Å². The van der Waals surface area contributed by atoms with E-state index in [4.69, 9.17) is 15.2 Å². The minimum atomic E-state index is -1.93. The van der Waals surface area contributed by atoms with Gasteiger partial charge in [-0.15, -0.1) is 0 Å². The number of aliphatic hydroxyl groups is 2. The molecule has 2 aliphatic carbocycles. The quantitative estimate of drug-likeness (QED) is 0.320. The van der Waals surface area contributed by atoms with Crippen molar-refractivity contribution in [2.45, 2.75) is 69.0 Å². The van der Waals surface area contributed by atoms with E-state index in [1.54, 1.807) is 6.92 Å². The maximum atomic E-state index is 13.7. The predicted molar refractivity (Wildman–Crippen MR) is 129 cm³/mol. The van der Waals surface area contributed by atoms with Crippen molar-refractivity contribution in [3.8, 4) is 17.2 Å². The van der Waals surface area contributed by atoms with Crippen LogP contribution in [-0.4, -0.2) is 74.8 Å². The Morgan fingerprint density at radius 1 is 1.14 bits per heavy atom. The minimum absolute atomic E-state index is 0.00471. The van der Waals surface area contributed by atoms with E-state index in [1.807, 2.05) is 0 Å². The number of ketones is 3. The number of phenols is 2. The summed E-state index contributed by atoms with van der Waals surface area (Å²) in [5.41, 5.74) is 3.53. The lowest BCUT2D eigenvalue weighted by Crippen LogP contribution is -2.54. The number of aliphatic hydroxyl groups excluding tert-OH is 1. The van der Waals surface area contributed by atoms with Crippen molar-refractivity contribution in [2.75, 3.05) is 7.11 Å². The van der Waals surface area contributed by atoms with Crippen LogP contribution in [-0.2, 0) is 16.0 Å². The average Bonchev–Trinajstić information content (AvgIpc) is 2.86. The van der Waals surface area contributed by atoms with Crippen LogP contribution in [0.2, 0.25) is 0 Å². The molecule has 3 aliphatic rings. The molecule has 0 spiro atoms. The summed E-state index contributed by atoms with van der Waals surface area (Å²) in [5.74, 6) is -3.79. The standard InChI is InChI=1S/C27H29NO9/c1-10-22(30)15(28)7-17(37-10)13-8-27(35,11(2)29)9-14-18(13)25(33)21-20(24(14)32)23(31)12-5-4-6-16(36-3)19(12)26(21)34/h4-6,10,13,15,17,22,30,32-33,35H,7-9,28H2,1-3H3/t10-,13?,15+,17-,22+,27?/m1/s1. The van der Waals surface area contributed by atoms with Crippen molar-refractivity contribution in [2.24, 2.45) is 5.73 Å². The van der Waals surface area contributed by atoms with E-state index < -0.39 is 70.3 Å². The Morgan fingerprint density at radius 2 is 1.81 bits per heavy atom. The fourth-order valence-corrected chi connectivity index (χ4v) is 6.04. The molecule has 1 heterocycles. The van der Waals surface area contributed by atoms with Crippen LogP contribution in [0.5, 0.6) is 17.2 Å². The lowest BCUT2D eigenvalue weighted by atomic mass is 9.66. The molecule has 0 bridgehead atoms. The number of ether oxygens (including phenoxy) is 2. The van der Waals surface area contributed by atoms with Crippen LogP contribution >= 0.6 is 0 Å². The maximum Gasteiger partial charge on any atom is 0.202 e. The molecule has 5 rings (SSSR count). The SMILES string of the molecule is COc1cccc2c1C(=O)c1c(O)c3c(c(O)c1C2=O)CC(O)(C(C)=O)CC3[C@H]1C[C@H](N)[C@@H](O)[C@@H](C)O1. The van der Waals surface area contributed by atoms with Crippen LogP contribution in [0.25, 0.3) is 0 Å². The number of fused-ring (bicyclic) bond motifs is 3. The fourth-order valence-electron chi connectivity index (χ4n) is 6.04. The first kappa shape index (κ1) is 25.3. The Kier molecular flexibility index (Phi) is 5.91. The Hall–Kier alpha value is -3.31. The second kappa shape index (κ2) is 8.63. The molecule has 37 heavy (non-hydrogen) atoms. The maximum absolute atomic E-state index is 13.7. The Bertz CT molecular complexity index is 1340. The molecular formula is C27H29NO9. The number of rotatable bonds is 3. The third-order valence-electron chi connectivity index (χ3n) is 8.08. The monoisotopic (exact) mass is 511 g/mol. The second-order valence-corrected chi connectivity index (χ2v) is 10.2. The van der Waals surface area contributed by atoms with Crippen molar-refractivity contribution >= 4 is 17.3 Å². The molecule has 1 aliphatic heterocycles. The molecule has 0 amide bonds.